The van der Waals surface area contributed by atoms with Crippen LogP contribution < -0.4 is 16.7 Å². The number of ether oxygens (including phenoxy) is 2. The number of halogens is 3. The number of hydrogen-bond acceptors (Lipinski definition) is 8. The molecule has 0 aromatic carbocycles. The highest BCUT2D eigenvalue weighted by molar-refractivity contribution is 5.81. The molecule has 0 saturated carbocycles. The molecule has 0 spiro atoms. The lowest BCUT2D eigenvalue weighted by Crippen LogP contribution is -2.36. The smallest absolute Gasteiger partial charge is 0.394 e. The molecule has 3 unspecified atom stereocenters. The fraction of sp³-hybridized carbons (Fsp3) is 0.533. The highest BCUT2D eigenvalue weighted by Crippen LogP contribution is 2.30. The number of azide groups is 1. The molecule has 2 rings (SSSR count). The summed E-state index contributed by atoms with van der Waals surface area (Å²) in [6, 6.07) is 0. The number of carbonyl (C=O) groups is 1. The first-order valence-corrected chi connectivity index (χ1v) is 8.28. The maximum atomic E-state index is 12.2. The predicted molar refractivity (Wildman–Crippen MR) is 93.4 cm³/mol. The van der Waals surface area contributed by atoms with Gasteiger partial charge in [-0.1, -0.05) is 17.0 Å². The summed E-state index contributed by atoms with van der Waals surface area (Å²) in [5, 5.41) is 14.2. The van der Waals surface area contributed by atoms with Gasteiger partial charge in [-0.05, 0) is 5.53 Å². The number of nitrogens with two attached hydrogens (primary N) is 1. The quantitative estimate of drug-likeness (QED) is 0.241. The van der Waals surface area contributed by atoms with Crippen LogP contribution >= 0.6 is 0 Å². The van der Waals surface area contributed by atoms with Crippen LogP contribution in [0.15, 0.2) is 16.1 Å². The first kappa shape index (κ1) is 23.0. The molecule has 12 nitrogen and oxygen atoms in total. The van der Waals surface area contributed by atoms with Crippen LogP contribution in [0.1, 0.15) is 18.2 Å². The Kier molecular flexibility index (Phi) is 7.61. The molecule has 3 atom stereocenters. The summed E-state index contributed by atoms with van der Waals surface area (Å²) in [5.74, 6) is 2.29. The van der Waals surface area contributed by atoms with E-state index < -0.39 is 49.4 Å². The van der Waals surface area contributed by atoms with Crippen molar-refractivity contribution in [2.45, 2.75) is 31.0 Å². The van der Waals surface area contributed by atoms with Crippen molar-refractivity contribution >= 4 is 11.7 Å². The van der Waals surface area contributed by atoms with Gasteiger partial charge in [-0.25, -0.2) is 4.79 Å². The summed E-state index contributed by atoms with van der Waals surface area (Å²) in [7, 11) is 0. The Bertz CT molecular complexity index is 949. The molecule has 1 aliphatic rings. The number of amides is 1. The maximum absolute atomic E-state index is 12.2. The predicted octanol–water partition coefficient (Wildman–Crippen LogP) is -0.212. The monoisotopic (exact) mass is 431 g/mol. The van der Waals surface area contributed by atoms with Gasteiger partial charge in [-0.15, -0.1) is 0 Å². The summed E-state index contributed by atoms with van der Waals surface area (Å²) in [6.07, 6.45) is -6.13. The van der Waals surface area contributed by atoms with Gasteiger partial charge in [0.1, 0.15) is 24.9 Å². The van der Waals surface area contributed by atoms with Crippen LogP contribution in [-0.2, 0) is 14.3 Å². The summed E-state index contributed by atoms with van der Waals surface area (Å²) in [5.41, 5.74) is 13.1. The van der Waals surface area contributed by atoms with E-state index in [0.717, 1.165) is 4.57 Å². The fourth-order valence-electron chi connectivity index (χ4n) is 2.51. The van der Waals surface area contributed by atoms with Gasteiger partial charge in [0.05, 0.1) is 24.8 Å². The highest BCUT2D eigenvalue weighted by Gasteiger charge is 2.38. The van der Waals surface area contributed by atoms with E-state index in [1.54, 1.807) is 5.32 Å². The Morgan fingerprint density at radius 2 is 2.33 bits per heavy atom. The molecule has 1 fully saturated rings. The van der Waals surface area contributed by atoms with Crippen molar-refractivity contribution in [1.82, 2.24) is 14.9 Å². The molecule has 1 aromatic heterocycles. The molecule has 1 aromatic rings. The van der Waals surface area contributed by atoms with Gasteiger partial charge >= 0.3 is 17.8 Å². The van der Waals surface area contributed by atoms with Crippen LogP contribution in [0, 0.1) is 11.8 Å². The number of alkyl halides is 3. The highest BCUT2D eigenvalue weighted by atomic mass is 19.4. The number of aromatic nitrogens is 2. The lowest BCUT2D eigenvalue weighted by Gasteiger charge is -2.15. The topological polar surface area (TPSA) is 177 Å². The second-order valence-corrected chi connectivity index (χ2v) is 5.82. The Hall–Kier alpha value is -3.31. The number of rotatable bonds is 6. The normalized spacial score (nSPS) is 20.7. The van der Waals surface area contributed by atoms with Gasteiger partial charge in [0.15, 0.2) is 0 Å². The molecule has 30 heavy (non-hydrogen) atoms. The van der Waals surface area contributed by atoms with Crippen LogP contribution in [0.2, 0.25) is 0 Å². The summed E-state index contributed by atoms with van der Waals surface area (Å²) < 4.78 is 48.3. The Labute approximate surface area is 166 Å². The Morgan fingerprint density at radius 3 is 2.97 bits per heavy atom. The summed E-state index contributed by atoms with van der Waals surface area (Å²) in [4.78, 5) is 29.0. The number of aliphatic hydroxyl groups excluding tert-OH is 1. The van der Waals surface area contributed by atoms with E-state index in [9.17, 15) is 27.9 Å². The van der Waals surface area contributed by atoms with Crippen molar-refractivity contribution in [2.75, 3.05) is 25.6 Å². The van der Waals surface area contributed by atoms with Crippen LogP contribution in [0.3, 0.4) is 0 Å². The zero-order chi connectivity index (χ0) is 22.3. The second-order valence-electron chi connectivity index (χ2n) is 5.82. The van der Waals surface area contributed by atoms with Crippen molar-refractivity contribution in [3.05, 3.63) is 32.7 Å². The van der Waals surface area contributed by atoms with Crippen LogP contribution in [0.5, 0.6) is 0 Å². The Balaban J connectivity index is 2.15. The van der Waals surface area contributed by atoms with Crippen LogP contribution in [0.25, 0.3) is 10.4 Å². The van der Waals surface area contributed by atoms with E-state index in [1.807, 2.05) is 0 Å². The molecule has 0 bridgehead atoms. The third-order valence-electron chi connectivity index (χ3n) is 3.88. The molecule has 0 radical (unpaired) electrons. The number of anilines is 1. The number of nitrogens with zero attached hydrogens (tertiary/aromatic N) is 5. The average Bonchev–Trinajstić information content (AvgIpc) is 3.08. The number of aliphatic hydroxyl groups is 1. The average molecular weight is 431 g/mol. The standard InChI is InChI=1S/C15H16F3N7O5/c16-15(17,18)13(27)21-3-1-2-8-5-25(14(28)23-12(8)19)11-4-9(10(6-26)30-11)29-7-22-24-20/h5,9-11,26H,3-4,6-7H2,(H,21,27)(H2,19,23,28). The minimum atomic E-state index is -5.03. The van der Waals surface area contributed by atoms with Crippen molar-refractivity contribution in [3.63, 3.8) is 0 Å². The van der Waals surface area contributed by atoms with Crippen LogP contribution in [0.4, 0.5) is 19.0 Å². The molecular weight excluding hydrogens is 415 g/mol. The largest absolute Gasteiger partial charge is 0.471 e. The molecule has 1 saturated heterocycles. The third kappa shape index (κ3) is 5.84. The molecule has 0 aliphatic carbocycles. The van der Waals surface area contributed by atoms with Gasteiger partial charge in [0.2, 0.25) is 0 Å². The van der Waals surface area contributed by atoms with E-state index in [2.05, 4.69) is 26.9 Å². The zero-order valence-electron chi connectivity index (χ0n) is 15.2. The van der Waals surface area contributed by atoms with Gasteiger partial charge in [0.25, 0.3) is 0 Å². The molecule has 4 N–H and O–H groups in total. The molecule has 162 valence electrons. The fourth-order valence-corrected chi connectivity index (χ4v) is 2.51. The lowest BCUT2D eigenvalue weighted by atomic mass is 10.2. The van der Waals surface area contributed by atoms with Crippen molar-refractivity contribution in [3.8, 4) is 11.8 Å². The molecule has 15 heteroatoms. The van der Waals surface area contributed by atoms with Crippen molar-refractivity contribution in [2.24, 2.45) is 5.11 Å². The zero-order valence-corrected chi connectivity index (χ0v) is 15.2. The number of nitrogens with one attached hydrogen (secondary N) is 1. The summed E-state index contributed by atoms with van der Waals surface area (Å²) >= 11 is 0. The number of hydrogen-bond donors (Lipinski definition) is 3. The molecule has 2 heterocycles. The minimum Gasteiger partial charge on any atom is -0.394 e. The van der Waals surface area contributed by atoms with E-state index in [0.29, 0.717) is 0 Å². The Morgan fingerprint density at radius 1 is 1.60 bits per heavy atom. The summed E-state index contributed by atoms with van der Waals surface area (Å²) in [6.45, 7) is -1.35. The lowest BCUT2D eigenvalue weighted by molar-refractivity contribution is -0.173. The van der Waals surface area contributed by atoms with Crippen molar-refractivity contribution in [1.29, 1.82) is 0 Å². The van der Waals surface area contributed by atoms with E-state index in [1.165, 1.54) is 6.20 Å². The first-order chi connectivity index (χ1) is 14.2. The van der Waals surface area contributed by atoms with Gasteiger partial charge in [0, 0.05) is 17.5 Å². The molecular formula is C15H16F3N7O5. The second kappa shape index (κ2) is 9.94. The third-order valence-corrected chi connectivity index (χ3v) is 3.88. The minimum absolute atomic E-state index is 0.0125. The van der Waals surface area contributed by atoms with Crippen LogP contribution in [-0.4, -0.2) is 58.8 Å². The van der Waals surface area contributed by atoms with E-state index in [4.69, 9.17) is 20.7 Å². The van der Waals surface area contributed by atoms with Gasteiger partial charge < -0.3 is 25.6 Å². The van der Waals surface area contributed by atoms with Crippen molar-refractivity contribution < 1.29 is 32.5 Å². The molecule has 1 amide bonds. The molecule has 1 aliphatic heterocycles. The number of carbonyl (C=O) groups excluding carboxylic acids is 1. The van der Waals surface area contributed by atoms with E-state index >= 15 is 0 Å². The number of nitrogen functional groups attached to an aromatic ring is 1. The SMILES string of the molecule is [N-]=[N+]=NCOC1CC(n2cc(C#CCNC(=O)C(F)(F)F)c(N)nc2=O)OC1CO. The van der Waals surface area contributed by atoms with Gasteiger partial charge in [-0.3, -0.25) is 9.36 Å². The first-order valence-electron chi connectivity index (χ1n) is 8.28. The van der Waals surface area contributed by atoms with Gasteiger partial charge in [-0.2, -0.15) is 18.2 Å². The maximum Gasteiger partial charge on any atom is 0.471 e. The van der Waals surface area contributed by atoms with E-state index in [-0.39, 0.29) is 24.5 Å².